The van der Waals surface area contributed by atoms with Crippen molar-refractivity contribution in [3.63, 3.8) is 0 Å². The summed E-state index contributed by atoms with van der Waals surface area (Å²) in [6.07, 6.45) is -6.65. The van der Waals surface area contributed by atoms with E-state index in [1.54, 1.807) is 27.7 Å². The molecule has 0 aromatic carbocycles. The third-order valence-electron chi connectivity index (χ3n) is 4.22. The Balaban J connectivity index is 2.38. The SMILES string of the molecule is C[C@@H]1OC2(C(C)(C)C)CN(C(=O)C(F)(F)F)[C@H]1C2O. The molecule has 110 valence electrons. The van der Waals surface area contributed by atoms with Gasteiger partial charge >= 0.3 is 12.1 Å². The highest BCUT2D eigenvalue weighted by molar-refractivity contribution is 5.83. The molecule has 2 heterocycles. The second-order valence-electron chi connectivity index (χ2n) is 6.33. The van der Waals surface area contributed by atoms with Gasteiger partial charge < -0.3 is 14.7 Å². The Bertz CT molecular complexity index is 404. The molecule has 2 aliphatic rings. The maximum Gasteiger partial charge on any atom is 0.471 e. The van der Waals surface area contributed by atoms with E-state index in [4.69, 9.17) is 4.74 Å². The van der Waals surface area contributed by atoms with Crippen molar-refractivity contribution in [2.45, 2.75) is 57.7 Å². The molecule has 0 aromatic rings. The van der Waals surface area contributed by atoms with Gasteiger partial charge in [-0.25, -0.2) is 0 Å². The molecule has 2 rings (SSSR count). The number of aliphatic hydroxyl groups is 1. The number of alkyl halides is 3. The molecular weight excluding hydrogens is 263 g/mol. The van der Waals surface area contributed by atoms with E-state index in [1.807, 2.05) is 0 Å². The van der Waals surface area contributed by atoms with Gasteiger partial charge in [0.25, 0.3) is 0 Å². The average Bonchev–Trinajstić information content (AvgIpc) is 2.63. The van der Waals surface area contributed by atoms with Crippen LogP contribution in [0.4, 0.5) is 13.2 Å². The van der Waals surface area contributed by atoms with E-state index in [0.29, 0.717) is 4.90 Å². The summed E-state index contributed by atoms with van der Waals surface area (Å²) in [7, 11) is 0. The first-order valence-corrected chi connectivity index (χ1v) is 6.15. The molecule has 0 radical (unpaired) electrons. The highest BCUT2D eigenvalue weighted by Gasteiger charge is 2.69. The number of fused-ring (bicyclic) bond motifs is 2. The van der Waals surface area contributed by atoms with Gasteiger partial charge in [-0.05, 0) is 12.3 Å². The molecule has 2 bridgehead atoms. The molecule has 0 saturated carbocycles. The molecule has 0 spiro atoms. The van der Waals surface area contributed by atoms with E-state index < -0.39 is 41.3 Å². The summed E-state index contributed by atoms with van der Waals surface area (Å²) in [6, 6.07) is -0.937. The Labute approximate surface area is 109 Å². The summed E-state index contributed by atoms with van der Waals surface area (Å²) in [6.45, 7) is 6.70. The summed E-state index contributed by atoms with van der Waals surface area (Å²) < 4.78 is 43.5. The Kier molecular flexibility index (Phi) is 2.96. The highest BCUT2D eigenvalue weighted by atomic mass is 19.4. The minimum atomic E-state index is -4.93. The van der Waals surface area contributed by atoms with Crippen LogP contribution in [0.3, 0.4) is 0 Å². The number of hydrogen-bond donors (Lipinski definition) is 1. The van der Waals surface area contributed by atoms with Crippen LogP contribution in [0, 0.1) is 5.41 Å². The largest absolute Gasteiger partial charge is 0.471 e. The van der Waals surface area contributed by atoms with Crippen molar-refractivity contribution in [2.24, 2.45) is 5.41 Å². The Morgan fingerprint density at radius 3 is 2.26 bits per heavy atom. The van der Waals surface area contributed by atoms with E-state index in [9.17, 15) is 23.1 Å². The molecule has 2 fully saturated rings. The molecule has 0 aromatic heterocycles. The lowest BCUT2D eigenvalue weighted by atomic mass is 9.74. The van der Waals surface area contributed by atoms with Crippen molar-refractivity contribution in [1.29, 1.82) is 0 Å². The van der Waals surface area contributed by atoms with Crippen LogP contribution in [-0.2, 0) is 9.53 Å². The summed E-state index contributed by atoms with van der Waals surface area (Å²) >= 11 is 0. The topological polar surface area (TPSA) is 49.8 Å². The summed E-state index contributed by atoms with van der Waals surface area (Å²) in [5.74, 6) is -1.90. The zero-order valence-corrected chi connectivity index (χ0v) is 11.3. The van der Waals surface area contributed by atoms with Crippen molar-refractivity contribution in [3.8, 4) is 0 Å². The quantitative estimate of drug-likeness (QED) is 0.728. The summed E-state index contributed by atoms with van der Waals surface area (Å²) in [4.78, 5) is 12.2. The monoisotopic (exact) mass is 281 g/mol. The number of carbonyl (C=O) groups excluding carboxylic acids is 1. The number of ether oxygens (including phenoxy) is 1. The highest BCUT2D eigenvalue weighted by Crippen LogP contribution is 2.51. The standard InChI is InChI=1S/C12H18F3NO3/c1-6-7-8(17)11(19-6,10(2,3)4)5-16(7)9(18)12(13,14)15/h6-8,17H,5H2,1-4H3/t6-,7+,8?,11?/m0/s1. The van der Waals surface area contributed by atoms with E-state index in [0.717, 1.165) is 0 Å². The van der Waals surface area contributed by atoms with Gasteiger partial charge in [-0.15, -0.1) is 0 Å². The molecule has 1 amide bonds. The number of amides is 1. The molecule has 2 aliphatic heterocycles. The van der Waals surface area contributed by atoms with E-state index in [2.05, 4.69) is 0 Å². The van der Waals surface area contributed by atoms with Crippen molar-refractivity contribution in [3.05, 3.63) is 0 Å². The third kappa shape index (κ3) is 1.86. The lowest BCUT2D eigenvalue weighted by Crippen LogP contribution is -2.56. The first kappa shape index (κ1) is 14.6. The Hall–Kier alpha value is -0.820. The van der Waals surface area contributed by atoms with Crippen LogP contribution in [0.15, 0.2) is 0 Å². The number of rotatable bonds is 0. The lowest BCUT2D eigenvalue weighted by molar-refractivity contribution is -0.200. The first-order valence-electron chi connectivity index (χ1n) is 6.15. The smallest absolute Gasteiger partial charge is 0.388 e. The molecule has 2 saturated heterocycles. The molecule has 0 aliphatic carbocycles. The maximum absolute atomic E-state index is 12.6. The van der Waals surface area contributed by atoms with Gasteiger partial charge in [0.05, 0.1) is 18.7 Å². The van der Waals surface area contributed by atoms with Gasteiger partial charge in [0, 0.05) is 0 Å². The van der Waals surface area contributed by atoms with E-state index in [-0.39, 0.29) is 6.54 Å². The number of halogens is 3. The van der Waals surface area contributed by atoms with Crippen molar-refractivity contribution in [1.82, 2.24) is 4.90 Å². The molecule has 2 unspecified atom stereocenters. The summed E-state index contributed by atoms with van der Waals surface area (Å²) in [5, 5.41) is 10.3. The van der Waals surface area contributed by atoms with Crippen molar-refractivity contribution < 1.29 is 27.8 Å². The average molecular weight is 281 g/mol. The van der Waals surface area contributed by atoms with Crippen LogP contribution < -0.4 is 0 Å². The normalized spacial score (nSPS) is 38.9. The van der Waals surface area contributed by atoms with Crippen LogP contribution in [0.1, 0.15) is 27.7 Å². The number of carbonyl (C=O) groups is 1. The fraction of sp³-hybridized carbons (Fsp3) is 0.917. The fourth-order valence-electron chi connectivity index (χ4n) is 3.14. The van der Waals surface area contributed by atoms with Gasteiger partial charge in [0.1, 0.15) is 11.7 Å². The van der Waals surface area contributed by atoms with Crippen LogP contribution in [0.25, 0.3) is 0 Å². The van der Waals surface area contributed by atoms with Gasteiger partial charge in [-0.2, -0.15) is 13.2 Å². The predicted molar refractivity (Wildman–Crippen MR) is 60.3 cm³/mol. The van der Waals surface area contributed by atoms with Gasteiger partial charge in [-0.1, -0.05) is 20.8 Å². The number of likely N-dealkylation sites (tertiary alicyclic amines) is 1. The van der Waals surface area contributed by atoms with Crippen LogP contribution in [-0.4, -0.2) is 52.5 Å². The van der Waals surface area contributed by atoms with Gasteiger partial charge in [-0.3, -0.25) is 4.79 Å². The Morgan fingerprint density at radius 2 is 1.89 bits per heavy atom. The van der Waals surface area contributed by atoms with Crippen molar-refractivity contribution >= 4 is 5.91 Å². The Morgan fingerprint density at radius 1 is 1.37 bits per heavy atom. The second kappa shape index (κ2) is 3.85. The predicted octanol–water partition coefficient (Wildman–Crippen LogP) is 1.32. The molecule has 4 atom stereocenters. The molecule has 4 nitrogen and oxygen atoms in total. The number of hydrogen-bond acceptors (Lipinski definition) is 3. The van der Waals surface area contributed by atoms with Crippen LogP contribution in [0.5, 0.6) is 0 Å². The van der Waals surface area contributed by atoms with Gasteiger partial charge in [0.15, 0.2) is 0 Å². The first-order chi connectivity index (χ1) is 8.42. The molecular formula is C12H18F3NO3. The van der Waals surface area contributed by atoms with E-state index in [1.165, 1.54) is 0 Å². The molecule has 7 heteroatoms. The third-order valence-corrected chi connectivity index (χ3v) is 4.22. The fourth-order valence-corrected chi connectivity index (χ4v) is 3.14. The molecule has 19 heavy (non-hydrogen) atoms. The lowest BCUT2D eigenvalue weighted by Gasteiger charge is -2.43. The second-order valence-corrected chi connectivity index (χ2v) is 6.33. The minimum absolute atomic E-state index is 0.231. The summed E-state index contributed by atoms with van der Waals surface area (Å²) in [5.41, 5.74) is -1.71. The van der Waals surface area contributed by atoms with Gasteiger partial charge in [0.2, 0.25) is 0 Å². The van der Waals surface area contributed by atoms with E-state index >= 15 is 0 Å². The number of nitrogens with zero attached hydrogens (tertiary/aromatic N) is 1. The van der Waals surface area contributed by atoms with Crippen LogP contribution >= 0.6 is 0 Å². The van der Waals surface area contributed by atoms with Crippen LogP contribution in [0.2, 0.25) is 0 Å². The minimum Gasteiger partial charge on any atom is -0.388 e. The zero-order valence-electron chi connectivity index (χ0n) is 11.3. The van der Waals surface area contributed by atoms with Crippen molar-refractivity contribution in [2.75, 3.05) is 6.54 Å². The number of morpholine rings is 1. The maximum atomic E-state index is 12.6. The zero-order chi connectivity index (χ0) is 14.8. The molecule has 1 N–H and O–H groups in total. The number of aliphatic hydroxyl groups excluding tert-OH is 1.